The molecule has 0 saturated heterocycles. The number of carbonyl (C=O) groups excluding carboxylic acids is 1. The maximum atomic E-state index is 12.2. The third-order valence-electron chi connectivity index (χ3n) is 4.21. The number of fused-ring (bicyclic) bond motifs is 1. The quantitative estimate of drug-likeness (QED) is 0.913. The second-order valence-corrected chi connectivity index (χ2v) is 5.87. The number of amides is 1. The Labute approximate surface area is 127 Å². The van der Waals surface area contributed by atoms with Crippen LogP contribution in [0.15, 0.2) is 33.5 Å². The summed E-state index contributed by atoms with van der Waals surface area (Å²) in [5.74, 6) is 0.108. The molecule has 1 aromatic carbocycles. The highest BCUT2D eigenvalue weighted by Crippen LogP contribution is 2.23. The van der Waals surface area contributed by atoms with Crippen molar-refractivity contribution < 1.29 is 14.3 Å². The van der Waals surface area contributed by atoms with Gasteiger partial charge in [0, 0.05) is 18.7 Å². The van der Waals surface area contributed by atoms with Crippen molar-refractivity contribution >= 4 is 16.9 Å². The summed E-state index contributed by atoms with van der Waals surface area (Å²) in [6, 6.07) is 5.45. The zero-order valence-electron chi connectivity index (χ0n) is 12.3. The average Bonchev–Trinajstić information content (AvgIpc) is 2.53. The van der Waals surface area contributed by atoms with Gasteiger partial charge in [0.1, 0.15) is 11.3 Å². The molecular formula is C17H19NO4. The van der Waals surface area contributed by atoms with Gasteiger partial charge in [-0.2, -0.15) is 0 Å². The molecule has 1 fully saturated rings. The number of phenols is 1. The van der Waals surface area contributed by atoms with E-state index in [4.69, 9.17) is 4.42 Å². The predicted octanol–water partition coefficient (Wildman–Crippen LogP) is 2.81. The maximum absolute atomic E-state index is 12.2. The van der Waals surface area contributed by atoms with Crippen molar-refractivity contribution in [2.75, 3.05) is 6.54 Å². The van der Waals surface area contributed by atoms with E-state index in [0.29, 0.717) is 17.8 Å². The molecule has 1 heterocycles. The third kappa shape index (κ3) is 3.13. The number of aromatic hydroxyl groups is 1. The normalized spacial score (nSPS) is 15.8. The van der Waals surface area contributed by atoms with E-state index in [2.05, 4.69) is 5.32 Å². The van der Waals surface area contributed by atoms with E-state index in [9.17, 15) is 14.7 Å². The summed E-state index contributed by atoms with van der Waals surface area (Å²) in [6.07, 6.45) is 5.97. The Morgan fingerprint density at radius 3 is 2.77 bits per heavy atom. The third-order valence-corrected chi connectivity index (χ3v) is 4.21. The highest BCUT2D eigenvalue weighted by Gasteiger charge is 2.17. The first-order valence-corrected chi connectivity index (χ1v) is 7.68. The smallest absolute Gasteiger partial charge is 0.287 e. The van der Waals surface area contributed by atoms with Gasteiger partial charge in [0.15, 0.2) is 11.2 Å². The van der Waals surface area contributed by atoms with Crippen LogP contribution in [-0.2, 0) is 0 Å². The first-order valence-electron chi connectivity index (χ1n) is 7.68. The first-order chi connectivity index (χ1) is 10.6. The van der Waals surface area contributed by atoms with Gasteiger partial charge in [-0.15, -0.1) is 0 Å². The van der Waals surface area contributed by atoms with Gasteiger partial charge in [-0.3, -0.25) is 9.59 Å². The van der Waals surface area contributed by atoms with E-state index in [-0.39, 0.29) is 28.4 Å². The topological polar surface area (TPSA) is 79.5 Å². The van der Waals surface area contributed by atoms with Crippen molar-refractivity contribution in [3.05, 3.63) is 40.2 Å². The van der Waals surface area contributed by atoms with Gasteiger partial charge in [0.05, 0.1) is 5.39 Å². The van der Waals surface area contributed by atoms with Gasteiger partial charge in [0.25, 0.3) is 5.91 Å². The zero-order chi connectivity index (χ0) is 15.5. The van der Waals surface area contributed by atoms with E-state index < -0.39 is 0 Å². The Bertz CT molecular complexity index is 744. The standard InChI is InChI=1S/C17H19NO4/c19-12-6-7-13-14(20)9-16(22-15(13)8-12)17(21)18-10-11-4-2-1-3-5-11/h6-9,11,19H,1-5,10H2,(H,18,21). The van der Waals surface area contributed by atoms with Gasteiger partial charge in [-0.1, -0.05) is 19.3 Å². The van der Waals surface area contributed by atoms with E-state index in [0.717, 1.165) is 12.8 Å². The molecule has 3 rings (SSSR count). The van der Waals surface area contributed by atoms with E-state index >= 15 is 0 Å². The molecule has 0 bridgehead atoms. The van der Waals surface area contributed by atoms with E-state index in [1.165, 1.54) is 43.5 Å². The van der Waals surface area contributed by atoms with E-state index in [1.54, 1.807) is 0 Å². The molecule has 0 radical (unpaired) electrons. The Morgan fingerprint density at radius 1 is 1.23 bits per heavy atom. The monoisotopic (exact) mass is 301 g/mol. The number of rotatable bonds is 3. The number of benzene rings is 1. The highest BCUT2D eigenvalue weighted by molar-refractivity contribution is 5.93. The molecule has 5 heteroatoms. The van der Waals surface area contributed by atoms with Crippen LogP contribution >= 0.6 is 0 Å². The van der Waals surface area contributed by atoms with Crippen LogP contribution < -0.4 is 10.7 Å². The molecule has 2 N–H and O–H groups in total. The zero-order valence-corrected chi connectivity index (χ0v) is 12.3. The van der Waals surface area contributed by atoms with Crippen molar-refractivity contribution in [2.24, 2.45) is 5.92 Å². The van der Waals surface area contributed by atoms with Gasteiger partial charge in [-0.05, 0) is 30.9 Å². The Kier molecular flexibility index (Phi) is 4.13. The lowest BCUT2D eigenvalue weighted by Gasteiger charge is -2.21. The van der Waals surface area contributed by atoms with Crippen LogP contribution in [0.1, 0.15) is 42.7 Å². The van der Waals surface area contributed by atoms with Crippen LogP contribution in [-0.4, -0.2) is 17.6 Å². The number of nitrogens with one attached hydrogen (secondary N) is 1. The summed E-state index contributed by atoms with van der Waals surface area (Å²) < 4.78 is 5.45. The maximum Gasteiger partial charge on any atom is 0.287 e. The molecule has 0 atom stereocenters. The van der Waals surface area contributed by atoms with Crippen molar-refractivity contribution in [3.8, 4) is 5.75 Å². The number of hydrogen-bond donors (Lipinski definition) is 2. The second kappa shape index (κ2) is 6.22. The van der Waals surface area contributed by atoms with Crippen molar-refractivity contribution in [3.63, 3.8) is 0 Å². The van der Waals surface area contributed by atoms with Crippen LogP contribution in [0, 0.1) is 5.92 Å². The highest BCUT2D eigenvalue weighted by atomic mass is 16.3. The van der Waals surface area contributed by atoms with Crippen LogP contribution in [0.25, 0.3) is 11.0 Å². The molecule has 1 amide bonds. The average molecular weight is 301 g/mol. The summed E-state index contributed by atoms with van der Waals surface area (Å²) in [5, 5.41) is 12.7. The summed E-state index contributed by atoms with van der Waals surface area (Å²) in [5.41, 5.74) is -0.0700. The molecular weight excluding hydrogens is 282 g/mol. The van der Waals surface area contributed by atoms with Crippen LogP contribution in [0.4, 0.5) is 0 Å². The minimum Gasteiger partial charge on any atom is -0.508 e. The van der Waals surface area contributed by atoms with Crippen molar-refractivity contribution in [1.29, 1.82) is 0 Å². The molecule has 2 aromatic rings. The van der Waals surface area contributed by atoms with Crippen LogP contribution in [0.2, 0.25) is 0 Å². The molecule has 1 aliphatic rings. The Hall–Kier alpha value is -2.30. The Morgan fingerprint density at radius 2 is 2.00 bits per heavy atom. The minimum atomic E-state index is -0.382. The summed E-state index contributed by atoms with van der Waals surface area (Å²) in [6.45, 7) is 0.612. The summed E-state index contributed by atoms with van der Waals surface area (Å²) >= 11 is 0. The molecule has 0 aliphatic heterocycles. The van der Waals surface area contributed by atoms with E-state index in [1.807, 2.05) is 0 Å². The fraction of sp³-hybridized carbons (Fsp3) is 0.412. The molecule has 0 unspecified atom stereocenters. The van der Waals surface area contributed by atoms with Gasteiger partial charge in [-0.25, -0.2) is 0 Å². The lowest BCUT2D eigenvalue weighted by atomic mass is 9.89. The summed E-state index contributed by atoms with van der Waals surface area (Å²) in [4.78, 5) is 24.2. The molecule has 22 heavy (non-hydrogen) atoms. The minimum absolute atomic E-state index is 0.00425. The molecule has 0 spiro atoms. The van der Waals surface area contributed by atoms with Crippen molar-refractivity contribution in [2.45, 2.75) is 32.1 Å². The molecule has 5 nitrogen and oxygen atoms in total. The fourth-order valence-corrected chi connectivity index (χ4v) is 2.97. The molecule has 116 valence electrons. The van der Waals surface area contributed by atoms with Gasteiger partial charge >= 0.3 is 0 Å². The Balaban J connectivity index is 1.77. The molecule has 1 aromatic heterocycles. The predicted molar refractivity (Wildman–Crippen MR) is 83.1 cm³/mol. The van der Waals surface area contributed by atoms with Crippen molar-refractivity contribution in [1.82, 2.24) is 5.32 Å². The largest absolute Gasteiger partial charge is 0.508 e. The SMILES string of the molecule is O=C(NCC1CCCCC1)c1cc(=O)c2ccc(O)cc2o1. The van der Waals surface area contributed by atoms with Gasteiger partial charge in [0.2, 0.25) is 0 Å². The first kappa shape index (κ1) is 14.6. The van der Waals surface area contributed by atoms with Gasteiger partial charge < -0.3 is 14.8 Å². The number of hydrogen-bond acceptors (Lipinski definition) is 4. The fourth-order valence-electron chi connectivity index (χ4n) is 2.97. The van der Waals surface area contributed by atoms with Crippen LogP contribution in [0.3, 0.4) is 0 Å². The second-order valence-electron chi connectivity index (χ2n) is 5.87. The lowest BCUT2D eigenvalue weighted by Crippen LogP contribution is -2.30. The summed E-state index contributed by atoms with van der Waals surface area (Å²) in [7, 11) is 0. The molecule has 1 aliphatic carbocycles. The molecule has 1 saturated carbocycles. The number of carbonyl (C=O) groups is 1. The lowest BCUT2D eigenvalue weighted by molar-refractivity contribution is 0.0916. The number of phenolic OH excluding ortho intramolecular Hbond substituents is 1. The van der Waals surface area contributed by atoms with Crippen LogP contribution in [0.5, 0.6) is 5.75 Å².